The first-order chi connectivity index (χ1) is 6.74. The number of halogens is 1. The first-order valence-corrected chi connectivity index (χ1v) is 5.98. The highest BCUT2D eigenvalue weighted by Gasteiger charge is 2.39. The summed E-state index contributed by atoms with van der Waals surface area (Å²) in [6, 6.07) is 8.11. The van der Waals surface area contributed by atoms with Gasteiger partial charge < -0.3 is 9.84 Å². The predicted octanol–water partition coefficient (Wildman–Crippen LogP) is 2.30. The number of aliphatic hydroxyl groups is 1. The molecule has 1 aromatic rings. The molecular formula is C10H11BrO2S. The van der Waals surface area contributed by atoms with Gasteiger partial charge in [-0.2, -0.15) is 0 Å². The minimum Gasteiger partial charge on any atom is -0.395 e. The Bertz CT molecular complexity index is 303. The van der Waals surface area contributed by atoms with Crippen molar-refractivity contribution in [3.63, 3.8) is 0 Å². The van der Waals surface area contributed by atoms with Gasteiger partial charge in [0.2, 0.25) is 0 Å². The van der Waals surface area contributed by atoms with Crippen molar-refractivity contribution >= 4 is 27.7 Å². The Morgan fingerprint density at radius 1 is 1.36 bits per heavy atom. The summed E-state index contributed by atoms with van der Waals surface area (Å²) in [4.78, 5) is 1.17. The molecule has 0 aliphatic carbocycles. The van der Waals surface area contributed by atoms with Crippen LogP contribution in [-0.2, 0) is 4.74 Å². The number of hydrogen-bond acceptors (Lipinski definition) is 3. The van der Waals surface area contributed by atoms with Crippen molar-refractivity contribution in [2.75, 3.05) is 19.8 Å². The van der Waals surface area contributed by atoms with Gasteiger partial charge in [0.15, 0.2) is 0 Å². The molecule has 0 unspecified atom stereocenters. The van der Waals surface area contributed by atoms with Gasteiger partial charge in [0.1, 0.15) is 0 Å². The third-order valence-electron chi connectivity index (χ3n) is 2.17. The second kappa shape index (κ2) is 4.23. The van der Waals surface area contributed by atoms with E-state index in [2.05, 4.69) is 15.9 Å². The van der Waals surface area contributed by atoms with Gasteiger partial charge in [-0.25, -0.2) is 0 Å². The Hall–Kier alpha value is -0.0300. The molecule has 76 valence electrons. The first-order valence-electron chi connectivity index (χ1n) is 4.37. The smallest absolute Gasteiger partial charge is 0.0902 e. The van der Waals surface area contributed by atoms with Gasteiger partial charge >= 0.3 is 0 Å². The van der Waals surface area contributed by atoms with Crippen LogP contribution in [0.1, 0.15) is 0 Å². The summed E-state index contributed by atoms with van der Waals surface area (Å²) in [6.45, 7) is 1.46. The fraction of sp³-hybridized carbons (Fsp3) is 0.400. The molecule has 2 nitrogen and oxygen atoms in total. The van der Waals surface area contributed by atoms with Crippen LogP contribution in [0.2, 0.25) is 0 Å². The van der Waals surface area contributed by atoms with E-state index in [0.29, 0.717) is 13.2 Å². The molecule has 0 saturated carbocycles. The van der Waals surface area contributed by atoms with E-state index >= 15 is 0 Å². The summed E-state index contributed by atoms with van der Waals surface area (Å²) in [5, 5.41) is 9.24. The average Bonchev–Trinajstić information content (AvgIpc) is 2.15. The van der Waals surface area contributed by atoms with E-state index in [1.165, 1.54) is 4.90 Å². The zero-order chi connectivity index (χ0) is 10.0. The van der Waals surface area contributed by atoms with Crippen molar-refractivity contribution in [2.24, 2.45) is 0 Å². The van der Waals surface area contributed by atoms with Gasteiger partial charge in [0.05, 0.1) is 24.6 Å². The van der Waals surface area contributed by atoms with Crippen LogP contribution in [0.25, 0.3) is 0 Å². The molecule has 4 heteroatoms. The largest absolute Gasteiger partial charge is 0.395 e. The lowest BCUT2D eigenvalue weighted by atomic mass is 10.1. The maximum atomic E-state index is 9.24. The third-order valence-corrected chi connectivity index (χ3v) is 4.00. The highest BCUT2D eigenvalue weighted by molar-refractivity contribution is 9.10. The Morgan fingerprint density at radius 2 is 2.00 bits per heavy atom. The fourth-order valence-corrected chi connectivity index (χ4v) is 2.65. The van der Waals surface area contributed by atoms with Gasteiger partial charge in [0.25, 0.3) is 0 Å². The third kappa shape index (κ3) is 2.14. The molecule has 2 rings (SSSR count). The van der Waals surface area contributed by atoms with Crippen LogP contribution in [0, 0.1) is 0 Å². The molecule has 1 saturated heterocycles. The van der Waals surface area contributed by atoms with Crippen LogP contribution in [0.5, 0.6) is 0 Å². The van der Waals surface area contributed by atoms with Gasteiger partial charge in [0, 0.05) is 9.37 Å². The van der Waals surface area contributed by atoms with E-state index in [1.54, 1.807) is 11.8 Å². The molecule has 0 radical (unpaired) electrons. The van der Waals surface area contributed by atoms with Gasteiger partial charge in [-0.1, -0.05) is 15.9 Å². The van der Waals surface area contributed by atoms with Gasteiger partial charge in [-0.05, 0) is 24.3 Å². The van der Waals surface area contributed by atoms with Crippen molar-refractivity contribution in [3.8, 4) is 0 Å². The molecule has 1 fully saturated rings. The molecule has 0 atom stereocenters. The number of aliphatic hydroxyl groups excluding tert-OH is 1. The Balaban J connectivity index is 2.06. The summed E-state index contributed by atoms with van der Waals surface area (Å²) in [5.74, 6) is 0. The van der Waals surface area contributed by atoms with E-state index in [-0.39, 0.29) is 11.4 Å². The number of thioether (sulfide) groups is 1. The van der Waals surface area contributed by atoms with E-state index in [1.807, 2.05) is 24.3 Å². The lowest BCUT2D eigenvalue weighted by Gasteiger charge is -2.39. The molecule has 1 aliphatic rings. The molecule has 0 amide bonds. The highest BCUT2D eigenvalue weighted by Crippen LogP contribution is 2.38. The molecule has 1 heterocycles. The summed E-state index contributed by atoms with van der Waals surface area (Å²) in [6.07, 6.45) is 0. The zero-order valence-electron chi connectivity index (χ0n) is 7.57. The SMILES string of the molecule is OCC1(Sc2ccc(Br)cc2)COC1. The molecule has 0 bridgehead atoms. The standard InChI is InChI=1S/C10H11BrO2S/c11-8-1-3-9(4-2-8)14-10(5-12)6-13-7-10/h1-4,12H,5-7H2. The quantitative estimate of drug-likeness (QED) is 0.918. The van der Waals surface area contributed by atoms with Crippen molar-refractivity contribution in [2.45, 2.75) is 9.64 Å². The van der Waals surface area contributed by atoms with E-state index in [9.17, 15) is 5.11 Å². The van der Waals surface area contributed by atoms with Crippen molar-refractivity contribution in [1.29, 1.82) is 0 Å². The molecular weight excluding hydrogens is 264 g/mol. The molecule has 14 heavy (non-hydrogen) atoms. The maximum absolute atomic E-state index is 9.24. The number of rotatable bonds is 3. The second-order valence-electron chi connectivity index (χ2n) is 3.39. The molecule has 1 aromatic carbocycles. The van der Waals surface area contributed by atoms with Crippen molar-refractivity contribution in [3.05, 3.63) is 28.7 Å². The van der Waals surface area contributed by atoms with Gasteiger partial charge in [-0.3, -0.25) is 0 Å². The predicted molar refractivity (Wildman–Crippen MR) is 60.6 cm³/mol. The summed E-state index contributed by atoms with van der Waals surface area (Å²) < 4.78 is 6.11. The minimum atomic E-state index is -0.103. The normalized spacial score (nSPS) is 19.0. The number of hydrogen-bond donors (Lipinski definition) is 1. The summed E-state index contributed by atoms with van der Waals surface area (Å²) in [5.41, 5.74) is 0. The van der Waals surface area contributed by atoms with E-state index in [0.717, 1.165) is 4.47 Å². The van der Waals surface area contributed by atoms with Crippen molar-refractivity contribution in [1.82, 2.24) is 0 Å². The van der Waals surface area contributed by atoms with Crippen molar-refractivity contribution < 1.29 is 9.84 Å². The lowest BCUT2D eigenvalue weighted by molar-refractivity contribution is -0.0318. The number of ether oxygens (including phenoxy) is 1. The van der Waals surface area contributed by atoms with Crippen LogP contribution in [0.3, 0.4) is 0 Å². The minimum absolute atomic E-state index is 0.103. The lowest BCUT2D eigenvalue weighted by Crippen LogP contribution is -2.49. The Kier molecular flexibility index (Phi) is 3.17. The van der Waals surface area contributed by atoms with Crippen LogP contribution in [-0.4, -0.2) is 29.7 Å². The summed E-state index contributed by atoms with van der Waals surface area (Å²) in [7, 11) is 0. The maximum Gasteiger partial charge on any atom is 0.0902 e. The fourth-order valence-electron chi connectivity index (χ4n) is 1.26. The topological polar surface area (TPSA) is 29.5 Å². The Labute approximate surface area is 95.8 Å². The van der Waals surface area contributed by atoms with Crippen LogP contribution < -0.4 is 0 Å². The van der Waals surface area contributed by atoms with Crippen LogP contribution >= 0.6 is 27.7 Å². The molecule has 1 N–H and O–H groups in total. The van der Waals surface area contributed by atoms with Crippen LogP contribution in [0.4, 0.5) is 0 Å². The van der Waals surface area contributed by atoms with Crippen LogP contribution in [0.15, 0.2) is 33.6 Å². The number of benzene rings is 1. The second-order valence-corrected chi connectivity index (χ2v) is 5.85. The first kappa shape index (κ1) is 10.5. The monoisotopic (exact) mass is 274 g/mol. The van der Waals surface area contributed by atoms with E-state index in [4.69, 9.17) is 4.74 Å². The average molecular weight is 275 g/mol. The van der Waals surface area contributed by atoms with Gasteiger partial charge in [-0.15, -0.1) is 11.8 Å². The zero-order valence-corrected chi connectivity index (χ0v) is 9.97. The molecule has 0 aromatic heterocycles. The molecule has 1 aliphatic heterocycles. The highest BCUT2D eigenvalue weighted by atomic mass is 79.9. The van der Waals surface area contributed by atoms with E-state index < -0.39 is 0 Å². The Morgan fingerprint density at radius 3 is 2.43 bits per heavy atom. The summed E-state index contributed by atoms with van der Waals surface area (Å²) >= 11 is 5.08. The molecule has 0 spiro atoms.